The number of sulfonamides is 1. The zero-order chi connectivity index (χ0) is 12.6. The van der Waals surface area contributed by atoms with Crippen molar-refractivity contribution in [2.45, 2.75) is 26.8 Å². The van der Waals surface area contributed by atoms with Crippen LogP contribution in [-0.4, -0.2) is 44.2 Å². The van der Waals surface area contributed by atoms with E-state index in [0.717, 1.165) is 10.7 Å². The quantitative estimate of drug-likeness (QED) is 0.731. The Morgan fingerprint density at radius 3 is 2.38 bits per heavy atom. The molecule has 0 unspecified atom stereocenters. The first kappa shape index (κ1) is 13.4. The van der Waals surface area contributed by atoms with Gasteiger partial charge in [-0.3, -0.25) is 9.63 Å². The van der Waals surface area contributed by atoms with Crippen LogP contribution in [0.2, 0.25) is 0 Å². The highest BCUT2D eigenvalue weighted by Crippen LogP contribution is 2.15. The van der Waals surface area contributed by atoms with E-state index in [-0.39, 0.29) is 25.1 Å². The molecule has 94 valence electrons. The van der Waals surface area contributed by atoms with Gasteiger partial charge in [0.15, 0.2) is 0 Å². The lowest BCUT2D eigenvalue weighted by atomic mass is 9.95. The Morgan fingerprint density at radius 2 is 2.00 bits per heavy atom. The molecular formula is C9H18N2O4S. The summed E-state index contributed by atoms with van der Waals surface area (Å²) in [6.45, 7) is 5.75. The SMILES string of the molecule is CC(C)(C)C(=O)N[C@H]1CON(S(C)(=O)=O)C1. The van der Waals surface area contributed by atoms with E-state index in [4.69, 9.17) is 4.84 Å². The van der Waals surface area contributed by atoms with Gasteiger partial charge >= 0.3 is 0 Å². The lowest BCUT2D eigenvalue weighted by molar-refractivity contribution is -0.129. The van der Waals surface area contributed by atoms with E-state index in [1.807, 2.05) is 0 Å². The Kier molecular flexibility index (Phi) is 3.61. The van der Waals surface area contributed by atoms with E-state index >= 15 is 0 Å². The summed E-state index contributed by atoms with van der Waals surface area (Å²) >= 11 is 0. The molecule has 0 aromatic rings. The van der Waals surface area contributed by atoms with Gasteiger partial charge in [-0.2, -0.15) is 0 Å². The van der Waals surface area contributed by atoms with Crippen LogP contribution in [0.4, 0.5) is 0 Å². The number of carbonyl (C=O) groups is 1. The molecule has 1 atom stereocenters. The second-order valence-electron chi connectivity index (χ2n) is 4.96. The molecule has 0 aliphatic carbocycles. The fourth-order valence-corrected chi connectivity index (χ4v) is 1.88. The van der Waals surface area contributed by atoms with E-state index < -0.39 is 15.4 Å². The van der Waals surface area contributed by atoms with Crippen molar-refractivity contribution in [3.8, 4) is 0 Å². The number of hydrogen-bond acceptors (Lipinski definition) is 4. The molecule has 1 aliphatic rings. The largest absolute Gasteiger partial charge is 0.349 e. The average molecular weight is 250 g/mol. The van der Waals surface area contributed by atoms with Crippen molar-refractivity contribution in [3.63, 3.8) is 0 Å². The minimum atomic E-state index is -3.35. The number of amides is 1. The molecule has 1 fully saturated rings. The fraction of sp³-hybridized carbons (Fsp3) is 0.889. The van der Waals surface area contributed by atoms with Crippen molar-refractivity contribution in [3.05, 3.63) is 0 Å². The molecule has 1 amide bonds. The molecule has 1 heterocycles. The Bertz CT molecular complexity index is 371. The first-order valence-electron chi connectivity index (χ1n) is 5.02. The first-order valence-corrected chi connectivity index (χ1v) is 6.87. The van der Waals surface area contributed by atoms with E-state index in [1.165, 1.54) is 0 Å². The van der Waals surface area contributed by atoms with Crippen LogP contribution < -0.4 is 5.32 Å². The summed E-state index contributed by atoms with van der Waals surface area (Å²) in [5.74, 6) is -0.114. The van der Waals surface area contributed by atoms with Crippen LogP contribution in [0.5, 0.6) is 0 Å². The molecule has 7 heteroatoms. The van der Waals surface area contributed by atoms with Crippen LogP contribution in [-0.2, 0) is 19.7 Å². The van der Waals surface area contributed by atoms with Crippen molar-refractivity contribution in [2.24, 2.45) is 5.41 Å². The number of nitrogens with zero attached hydrogens (tertiary/aromatic N) is 1. The first-order chi connectivity index (χ1) is 7.10. The number of hydrogen-bond donors (Lipinski definition) is 1. The Balaban J connectivity index is 2.53. The predicted molar refractivity (Wildman–Crippen MR) is 58.9 cm³/mol. The highest BCUT2D eigenvalue weighted by atomic mass is 32.2. The van der Waals surface area contributed by atoms with Gasteiger partial charge in [-0.15, -0.1) is 0 Å². The van der Waals surface area contributed by atoms with E-state index in [1.54, 1.807) is 20.8 Å². The summed E-state index contributed by atoms with van der Waals surface area (Å²) in [5, 5.41) is 2.75. The number of carbonyl (C=O) groups excluding carboxylic acids is 1. The summed E-state index contributed by atoms with van der Waals surface area (Å²) in [5.41, 5.74) is -0.488. The van der Waals surface area contributed by atoms with Crippen molar-refractivity contribution < 1.29 is 18.0 Å². The van der Waals surface area contributed by atoms with Gasteiger partial charge in [0, 0.05) is 5.41 Å². The second-order valence-corrected chi connectivity index (χ2v) is 6.84. The second kappa shape index (κ2) is 4.31. The van der Waals surface area contributed by atoms with Crippen LogP contribution in [0.1, 0.15) is 20.8 Å². The van der Waals surface area contributed by atoms with Gasteiger partial charge in [0.2, 0.25) is 15.9 Å². The molecule has 6 nitrogen and oxygen atoms in total. The van der Waals surface area contributed by atoms with Crippen molar-refractivity contribution in [1.82, 2.24) is 9.79 Å². The molecule has 0 bridgehead atoms. The summed E-state index contributed by atoms with van der Waals surface area (Å²) < 4.78 is 23.2. The lowest BCUT2D eigenvalue weighted by Gasteiger charge is -2.20. The Labute approximate surface area is 96.0 Å². The van der Waals surface area contributed by atoms with Gasteiger partial charge in [0.05, 0.1) is 25.4 Å². The van der Waals surface area contributed by atoms with E-state index in [9.17, 15) is 13.2 Å². The molecule has 0 radical (unpaired) electrons. The fourth-order valence-electron chi connectivity index (χ4n) is 1.18. The highest BCUT2D eigenvalue weighted by Gasteiger charge is 2.33. The standard InChI is InChI=1S/C9H18N2O4S/c1-9(2,3)8(12)10-7-5-11(15-6-7)16(4,13)14/h7H,5-6H2,1-4H3,(H,10,12)/t7-/m1/s1. The third kappa shape index (κ3) is 3.43. The molecule has 1 saturated heterocycles. The summed E-state index contributed by atoms with van der Waals surface area (Å²) in [4.78, 5) is 16.6. The van der Waals surface area contributed by atoms with Gasteiger partial charge in [-0.25, -0.2) is 8.42 Å². The number of nitrogens with one attached hydrogen (secondary N) is 1. The van der Waals surface area contributed by atoms with Crippen LogP contribution in [0, 0.1) is 5.41 Å². The Morgan fingerprint density at radius 1 is 1.44 bits per heavy atom. The number of hydroxylamine groups is 1. The molecule has 1 N–H and O–H groups in total. The van der Waals surface area contributed by atoms with Gasteiger partial charge in [0.1, 0.15) is 0 Å². The molecule has 0 spiro atoms. The maximum atomic E-state index is 11.6. The molecule has 0 saturated carbocycles. The third-order valence-electron chi connectivity index (χ3n) is 2.18. The molecule has 16 heavy (non-hydrogen) atoms. The van der Waals surface area contributed by atoms with Crippen LogP contribution >= 0.6 is 0 Å². The smallest absolute Gasteiger partial charge is 0.233 e. The topological polar surface area (TPSA) is 75.7 Å². The zero-order valence-corrected chi connectivity index (χ0v) is 10.8. The highest BCUT2D eigenvalue weighted by molar-refractivity contribution is 7.88. The monoisotopic (exact) mass is 250 g/mol. The van der Waals surface area contributed by atoms with E-state index in [0.29, 0.717) is 0 Å². The zero-order valence-electron chi connectivity index (χ0n) is 9.98. The van der Waals surface area contributed by atoms with Crippen LogP contribution in [0.25, 0.3) is 0 Å². The maximum Gasteiger partial charge on any atom is 0.233 e. The van der Waals surface area contributed by atoms with Gasteiger partial charge in [-0.1, -0.05) is 25.2 Å². The summed E-state index contributed by atoms with van der Waals surface area (Å²) in [6, 6.07) is -0.276. The Hall–Kier alpha value is -0.660. The third-order valence-corrected chi connectivity index (χ3v) is 3.17. The van der Waals surface area contributed by atoms with Gasteiger partial charge < -0.3 is 5.32 Å². The summed E-state index contributed by atoms with van der Waals surface area (Å²) in [7, 11) is -3.35. The maximum absolute atomic E-state index is 11.6. The van der Waals surface area contributed by atoms with Crippen LogP contribution in [0.3, 0.4) is 0 Å². The lowest BCUT2D eigenvalue weighted by Crippen LogP contribution is -2.44. The van der Waals surface area contributed by atoms with Crippen molar-refractivity contribution >= 4 is 15.9 Å². The minimum absolute atomic E-state index is 0.114. The van der Waals surface area contributed by atoms with Crippen LogP contribution in [0.15, 0.2) is 0 Å². The summed E-state index contributed by atoms with van der Waals surface area (Å²) in [6.07, 6.45) is 1.07. The van der Waals surface area contributed by atoms with Gasteiger partial charge in [-0.05, 0) is 0 Å². The molecule has 0 aromatic heterocycles. The normalized spacial score (nSPS) is 23.4. The minimum Gasteiger partial charge on any atom is -0.349 e. The molecular weight excluding hydrogens is 232 g/mol. The molecule has 0 aromatic carbocycles. The predicted octanol–water partition coefficient (Wildman–Crippen LogP) is -0.276. The number of rotatable bonds is 2. The molecule has 1 aliphatic heterocycles. The average Bonchev–Trinajstić information content (AvgIpc) is 2.49. The molecule has 1 rings (SSSR count). The van der Waals surface area contributed by atoms with Gasteiger partial charge in [0.25, 0.3) is 0 Å². The van der Waals surface area contributed by atoms with Crippen molar-refractivity contribution in [2.75, 3.05) is 19.4 Å². The van der Waals surface area contributed by atoms with E-state index in [2.05, 4.69) is 5.32 Å². The van der Waals surface area contributed by atoms with Crippen molar-refractivity contribution in [1.29, 1.82) is 0 Å².